The van der Waals surface area contributed by atoms with E-state index in [1.54, 1.807) is 0 Å². The number of anilines is 1. The molecular formula is C19H23ClN2O3. The number of nitrogens with two attached hydrogens (primary N) is 1. The van der Waals surface area contributed by atoms with Crippen molar-refractivity contribution in [2.45, 2.75) is 32.0 Å². The van der Waals surface area contributed by atoms with E-state index in [1.807, 2.05) is 55.5 Å². The largest absolute Gasteiger partial charge is 0.455 e. The second kappa shape index (κ2) is 8.85. The van der Waals surface area contributed by atoms with Gasteiger partial charge in [-0.3, -0.25) is 4.79 Å². The summed E-state index contributed by atoms with van der Waals surface area (Å²) < 4.78 is 11.6. The summed E-state index contributed by atoms with van der Waals surface area (Å²) >= 11 is 0. The summed E-state index contributed by atoms with van der Waals surface area (Å²) in [5, 5.41) is 2.90. The molecule has 2 atom stereocenters. The second-order valence-corrected chi connectivity index (χ2v) is 5.96. The highest BCUT2D eigenvalue weighted by atomic mass is 35.5. The van der Waals surface area contributed by atoms with Crippen molar-refractivity contribution in [1.29, 1.82) is 0 Å². The van der Waals surface area contributed by atoms with Crippen LogP contribution in [0.3, 0.4) is 0 Å². The predicted molar refractivity (Wildman–Crippen MR) is 101 cm³/mol. The van der Waals surface area contributed by atoms with Gasteiger partial charge in [-0.25, -0.2) is 0 Å². The first-order valence-electron chi connectivity index (χ1n) is 8.15. The van der Waals surface area contributed by atoms with Crippen LogP contribution in [0.4, 0.5) is 5.69 Å². The number of aryl methyl sites for hydroxylation is 1. The normalized spacial score (nSPS) is 19.1. The monoisotopic (exact) mass is 362 g/mol. The Morgan fingerprint density at radius 2 is 2.04 bits per heavy atom. The van der Waals surface area contributed by atoms with Gasteiger partial charge in [0.05, 0.1) is 11.8 Å². The van der Waals surface area contributed by atoms with Crippen molar-refractivity contribution in [1.82, 2.24) is 0 Å². The number of rotatable bonds is 5. The van der Waals surface area contributed by atoms with Gasteiger partial charge < -0.3 is 20.5 Å². The van der Waals surface area contributed by atoms with Gasteiger partial charge in [-0.2, -0.15) is 0 Å². The molecule has 1 aliphatic rings. The Labute approximate surface area is 153 Å². The van der Waals surface area contributed by atoms with Gasteiger partial charge in [-0.05, 0) is 49.6 Å². The number of benzene rings is 2. The molecule has 5 nitrogen and oxygen atoms in total. The molecule has 0 unspecified atom stereocenters. The summed E-state index contributed by atoms with van der Waals surface area (Å²) in [6.45, 7) is 2.45. The van der Waals surface area contributed by atoms with E-state index < -0.39 is 6.10 Å². The fourth-order valence-electron chi connectivity index (χ4n) is 2.75. The van der Waals surface area contributed by atoms with Crippen molar-refractivity contribution in [2.24, 2.45) is 5.73 Å². The molecule has 0 aromatic heterocycles. The smallest absolute Gasteiger partial charge is 0.253 e. The number of para-hydroxylation sites is 2. The lowest BCUT2D eigenvalue weighted by Crippen LogP contribution is -2.29. The standard InChI is InChI=1S/C19H22N2O3.ClH/c1-13-5-4-6-14(11-13)23-17-8-3-2-7-16(17)21-19(22)18-10-9-15(12-20)24-18;/h2-8,11,15,18H,9-10,12,20H2,1H3,(H,21,22);1H/t15-,18+;/m1./s1. The quantitative estimate of drug-likeness (QED) is 0.851. The lowest BCUT2D eigenvalue weighted by Gasteiger charge is -2.15. The first-order chi connectivity index (χ1) is 11.7. The minimum Gasteiger partial charge on any atom is -0.455 e. The third-order valence-corrected chi connectivity index (χ3v) is 4.03. The zero-order valence-electron chi connectivity index (χ0n) is 14.1. The van der Waals surface area contributed by atoms with Gasteiger partial charge >= 0.3 is 0 Å². The molecule has 0 aliphatic carbocycles. The molecule has 25 heavy (non-hydrogen) atoms. The van der Waals surface area contributed by atoms with Gasteiger partial charge in [0.2, 0.25) is 0 Å². The highest BCUT2D eigenvalue weighted by Gasteiger charge is 2.30. The van der Waals surface area contributed by atoms with Gasteiger partial charge in [0.15, 0.2) is 5.75 Å². The molecule has 1 aliphatic heterocycles. The SMILES string of the molecule is Cc1cccc(Oc2ccccc2NC(=O)[C@@H]2CC[C@H](CN)O2)c1.Cl. The fourth-order valence-corrected chi connectivity index (χ4v) is 2.75. The molecule has 1 amide bonds. The third kappa shape index (κ3) is 4.95. The summed E-state index contributed by atoms with van der Waals surface area (Å²) in [6.07, 6.45) is 1.02. The van der Waals surface area contributed by atoms with Crippen LogP contribution in [0, 0.1) is 6.92 Å². The van der Waals surface area contributed by atoms with E-state index in [4.69, 9.17) is 15.2 Å². The molecule has 0 saturated carbocycles. The van der Waals surface area contributed by atoms with E-state index in [2.05, 4.69) is 5.32 Å². The second-order valence-electron chi connectivity index (χ2n) is 5.96. The van der Waals surface area contributed by atoms with Gasteiger partial charge in [-0.15, -0.1) is 12.4 Å². The van der Waals surface area contributed by atoms with Crippen LogP contribution in [0.1, 0.15) is 18.4 Å². The molecule has 0 radical (unpaired) electrons. The summed E-state index contributed by atoms with van der Waals surface area (Å²) in [4.78, 5) is 12.4. The fraction of sp³-hybridized carbons (Fsp3) is 0.316. The molecule has 134 valence electrons. The number of amides is 1. The maximum absolute atomic E-state index is 12.4. The number of hydrogen-bond acceptors (Lipinski definition) is 4. The average Bonchev–Trinajstić information content (AvgIpc) is 3.06. The van der Waals surface area contributed by atoms with Crippen LogP contribution >= 0.6 is 12.4 Å². The molecule has 2 aromatic rings. The van der Waals surface area contributed by atoms with E-state index >= 15 is 0 Å². The van der Waals surface area contributed by atoms with Gasteiger partial charge in [0.25, 0.3) is 5.91 Å². The van der Waals surface area contributed by atoms with Gasteiger partial charge in [0.1, 0.15) is 11.9 Å². The lowest BCUT2D eigenvalue weighted by molar-refractivity contribution is -0.126. The van der Waals surface area contributed by atoms with Crippen molar-refractivity contribution in [3.63, 3.8) is 0 Å². The average molecular weight is 363 g/mol. The van der Waals surface area contributed by atoms with E-state index in [0.29, 0.717) is 24.4 Å². The molecule has 3 N–H and O–H groups in total. The zero-order chi connectivity index (χ0) is 16.9. The van der Waals surface area contributed by atoms with Crippen LogP contribution in [-0.4, -0.2) is 24.7 Å². The third-order valence-electron chi connectivity index (χ3n) is 4.03. The zero-order valence-corrected chi connectivity index (χ0v) is 14.9. The molecule has 3 rings (SSSR count). The minimum absolute atomic E-state index is 0. The van der Waals surface area contributed by atoms with Crippen molar-refractivity contribution in [3.05, 3.63) is 54.1 Å². The number of nitrogens with one attached hydrogen (secondary N) is 1. The summed E-state index contributed by atoms with van der Waals surface area (Å²) in [5.74, 6) is 1.17. The Morgan fingerprint density at radius 1 is 1.24 bits per heavy atom. The number of halogens is 1. The molecule has 1 heterocycles. The predicted octanol–water partition coefficient (Wildman–Crippen LogP) is 3.65. The maximum atomic E-state index is 12.4. The Hall–Kier alpha value is -2.08. The first-order valence-corrected chi connectivity index (χ1v) is 8.15. The van der Waals surface area contributed by atoms with Crippen LogP contribution in [-0.2, 0) is 9.53 Å². The summed E-state index contributed by atoms with van der Waals surface area (Å²) in [5.41, 5.74) is 7.34. The Morgan fingerprint density at radius 3 is 2.76 bits per heavy atom. The van der Waals surface area contributed by atoms with E-state index in [0.717, 1.165) is 17.7 Å². The van der Waals surface area contributed by atoms with Crippen molar-refractivity contribution >= 4 is 24.0 Å². The maximum Gasteiger partial charge on any atom is 0.253 e. The van der Waals surface area contributed by atoms with Gasteiger partial charge in [-0.1, -0.05) is 24.3 Å². The molecule has 0 spiro atoms. The molecular weight excluding hydrogens is 340 g/mol. The highest BCUT2D eigenvalue weighted by Crippen LogP contribution is 2.30. The van der Waals surface area contributed by atoms with Crippen molar-refractivity contribution in [2.75, 3.05) is 11.9 Å². The first kappa shape index (κ1) is 19.2. The molecule has 2 aromatic carbocycles. The van der Waals surface area contributed by atoms with E-state index in [9.17, 15) is 4.79 Å². The van der Waals surface area contributed by atoms with Crippen LogP contribution < -0.4 is 15.8 Å². The molecule has 1 saturated heterocycles. The molecule has 0 bridgehead atoms. The molecule has 6 heteroatoms. The van der Waals surface area contributed by atoms with Crippen LogP contribution in [0.15, 0.2) is 48.5 Å². The highest BCUT2D eigenvalue weighted by molar-refractivity contribution is 5.95. The van der Waals surface area contributed by atoms with Crippen LogP contribution in [0.2, 0.25) is 0 Å². The topological polar surface area (TPSA) is 73.6 Å². The number of hydrogen-bond donors (Lipinski definition) is 2. The minimum atomic E-state index is -0.453. The lowest BCUT2D eigenvalue weighted by atomic mass is 10.2. The summed E-state index contributed by atoms with van der Waals surface area (Å²) in [6, 6.07) is 15.2. The van der Waals surface area contributed by atoms with Crippen molar-refractivity contribution in [3.8, 4) is 11.5 Å². The van der Waals surface area contributed by atoms with Gasteiger partial charge in [0, 0.05) is 6.54 Å². The number of carbonyl (C=O) groups excluding carboxylic acids is 1. The molecule has 1 fully saturated rings. The van der Waals surface area contributed by atoms with Crippen molar-refractivity contribution < 1.29 is 14.3 Å². The number of ether oxygens (including phenoxy) is 2. The van der Waals surface area contributed by atoms with Crippen LogP contribution in [0.25, 0.3) is 0 Å². The number of carbonyl (C=O) groups is 1. The van der Waals surface area contributed by atoms with E-state index in [1.165, 1.54) is 0 Å². The summed E-state index contributed by atoms with van der Waals surface area (Å²) in [7, 11) is 0. The Balaban J connectivity index is 0.00000225. The van der Waals surface area contributed by atoms with Crippen LogP contribution in [0.5, 0.6) is 11.5 Å². The van der Waals surface area contributed by atoms with E-state index in [-0.39, 0.29) is 24.4 Å². The Kier molecular flexibility index (Phi) is 6.82. The Bertz CT molecular complexity index is 723.